The number of aliphatic carboxylic acids is 1. The van der Waals surface area contributed by atoms with Gasteiger partial charge in [0, 0.05) is 24.7 Å². The summed E-state index contributed by atoms with van der Waals surface area (Å²) in [7, 11) is 0. The van der Waals surface area contributed by atoms with Gasteiger partial charge in [-0.2, -0.15) is 0 Å². The first-order chi connectivity index (χ1) is 9.90. The Morgan fingerprint density at radius 2 is 2.10 bits per heavy atom. The Labute approximate surface area is 129 Å². The Morgan fingerprint density at radius 3 is 2.67 bits per heavy atom. The molecule has 21 heavy (non-hydrogen) atoms. The van der Waals surface area contributed by atoms with Crippen LogP contribution in [0.2, 0.25) is 5.15 Å². The zero-order valence-corrected chi connectivity index (χ0v) is 13.1. The van der Waals surface area contributed by atoms with Crippen molar-refractivity contribution in [3.8, 4) is 0 Å². The van der Waals surface area contributed by atoms with Crippen LogP contribution in [0.25, 0.3) is 0 Å². The van der Waals surface area contributed by atoms with Gasteiger partial charge in [-0.05, 0) is 36.8 Å². The topological polar surface area (TPSA) is 79.3 Å². The van der Waals surface area contributed by atoms with Crippen LogP contribution >= 0.6 is 11.6 Å². The first kappa shape index (κ1) is 17.4. The SMILES string of the molecule is CC(C)C(CCNC(=O)c1ccnc(Cl)c1)CCC(=O)O. The van der Waals surface area contributed by atoms with Crippen LogP contribution in [0.1, 0.15) is 43.5 Å². The average Bonchev–Trinajstić information content (AvgIpc) is 2.41. The molecule has 0 fully saturated rings. The quantitative estimate of drug-likeness (QED) is 0.723. The molecule has 1 amide bonds. The monoisotopic (exact) mass is 312 g/mol. The predicted molar refractivity (Wildman–Crippen MR) is 81.4 cm³/mol. The molecule has 1 atom stereocenters. The van der Waals surface area contributed by atoms with E-state index in [1.165, 1.54) is 12.3 Å². The number of nitrogens with one attached hydrogen (secondary N) is 1. The molecule has 0 aliphatic carbocycles. The molecule has 2 N–H and O–H groups in total. The van der Waals surface area contributed by atoms with E-state index >= 15 is 0 Å². The fourth-order valence-corrected chi connectivity index (χ4v) is 2.31. The van der Waals surface area contributed by atoms with Crippen molar-refractivity contribution in [2.24, 2.45) is 11.8 Å². The molecule has 0 bridgehead atoms. The van der Waals surface area contributed by atoms with Gasteiger partial charge in [-0.3, -0.25) is 9.59 Å². The molecule has 0 aliphatic rings. The van der Waals surface area contributed by atoms with Gasteiger partial charge in [0.1, 0.15) is 5.15 Å². The van der Waals surface area contributed by atoms with Gasteiger partial charge in [-0.15, -0.1) is 0 Å². The number of halogens is 1. The lowest BCUT2D eigenvalue weighted by atomic mass is 9.88. The highest BCUT2D eigenvalue weighted by Gasteiger charge is 2.15. The summed E-state index contributed by atoms with van der Waals surface area (Å²) in [6.45, 7) is 4.65. The van der Waals surface area contributed by atoms with Crippen molar-refractivity contribution < 1.29 is 14.7 Å². The second-order valence-electron chi connectivity index (χ2n) is 5.35. The van der Waals surface area contributed by atoms with Crippen LogP contribution in [0.3, 0.4) is 0 Å². The fraction of sp³-hybridized carbons (Fsp3) is 0.533. The molecular formula is C15H21ClN2O3. The summed E-state index contributed by atoms with van der Waals surface area (Å²) in [6, 6.07) is 3.12. The minimum Gasteiger partial charge on any atom is -0.481 e. The fourth-order valence-electron chi connectivity index (χ4n) is 2.14. The molecule has 1 unspecified atom stereocenters. The molecule has 5 nitrogen and oxygen atoms in total. The van der Waals surface area contributed by atoms with Crippen molar-refractivity contribution in [3.63, 3.8) is 0 Å². The van der Waals surface area contributed by atoms with E-state index in [9.17, 15) is 9.59 Å². The maximum atomic E-state index is 11.9. The number of amides is 1. The van der Waals surface area contributed by atoms with E-state index in [0.29, 0.717) is 24.4 Å². The summed E-state index contributed by atoms with van der Waals surface area (Å²) in [6.07, 6.45) is 3.04. The maximum Gasteiger partial charge on any atom is 0.303 e. The van der Waals surface area contributed by atoms with Gasteiger partial charge in [0.05, 0.1) is 0 Å². The molecule has 6 heteroatoms. The van der Waals surface area contributed by atoms with Gasteiger partial charge >= 0.3 is 5.97 Å². The second kappa shape index (κ2) is 8.62. The molecule has 0 saturated carbocycles. The summed E-state index contributed by atoms with van der Waals surface area (Å²) in [5.74, 6) is -0.310. The van der Waals surface area contributed by atoms with E-state index in [4.69, 9.17) is 16.7 Å². The average molecular weight is 313 g/mol. The van der Waals surface area contributed by atoms with Crippen molar-refractivity contribution in [1.82, 2.24) is 10.3 Å². The lowest BCUT2D eigenvalue weighted by Crippen LogP contribution is -2.27. The number of carbonyl (C=O) groups is 2. The molecule has 1 heterocycles. The third kappa shape index (κ3) is 6.58. The number of hydrogen-bond donors (Lipinski definition) is 2. The second-order valence-corrected chi connectivity index (χ2v) is 5.74. The molecule has 1 rings (SSSR count). The van der Waals surface area contributed by atoms with Gasteiger partial charge in [0.25, 0.3) is 5.91 Å². The molecule has 116 valence electrons. The Kier molecular flexibility index (Phi) is 7.15. The van der Waals surface area contributed by atoms with Crippen molar-refractivity contribution in [3.05, 3.63) is 29.0 Å². The van der Waals surface area contributed by atoms with Crippen LogP contribution in [-0.2, 0) is 4.79 Å². The molecule has 0 radical (unpaired) electrons. The summed E-state index contributed by atoms with van der Waals surface area (Å²) in [5, 5.41) is 11.9. The lowest BCUT2D eigenvalue weighted by Gasteiger charge is -2.20. The van der Waals surface area contributed by atoms with E-state index in [0.717, 1.165) is 6.42 Å². The van der Waals surface area contributed by atoms with E-state index in [1.54, 1.807) is 6.07 Å². The summed E-state index contributed by atoms with van der Waals surface area (Å²) in [5.41, 5.74) is 0.474. The molecule has 1 aromatic heterocycles. The number of hydrogen-bond acceptors (Lipinski definition) is 3. The molecular weight excluding hydrogens is 292 g/mol. The first-order valence-electron chi connectivity index (χ1n) is 7.01. The van der Waals surface area contributed by atoms with Gasteiger partial charge in [-0.1, -0.05) is 25.4 Å². The smallest absolute Gasteiger partial charge is 0.303 e. The number of pyridine rings is 1. The number of carboxylic acid groups (broad SMARTS) is 1. The zero-order chi connectivity index (χ0) is 15.8. The third-order valence-corrected chi connectivity index (χ3v) is 3.67. The number of rotatable bonds is 8. The van der Waals surface area contributed by atoms with Gasteiger partial charge in [-0.25, -0.2) is 4.98 Å². The molecule has 0 saturated heterocycles. The first-order valence-corrected chi connectivity index (χ1v) is 7.39. The third-order valence-electron chi connectivity index (χ3n) is 3.46. The number of carboxylic acids is 1. The number of nitrogens with zero attached hydrogens (tertiary/aromatic N) is 1. The normalized spacial score (nSPS) is 12.2. The zero-order valence-electron chi connectivity index (χ0n) is 12.3. The lowest BCUT2D eigenvalue weighted by molar-refractivity contribution is -0.137. The molecule has 1 aromatic rings. The van der Waals surface area contributed by atoms with Crippen LogP contribution in [0.4, 0.5) is 0 Å². The Bertz CT molecular complexity index is 492. The summed E-state index contributed by atoms with van der Waals surface area (Å²) >= 11 is 5.74. The highest BCUT2D eigenvalue weighted by Crippen LogP contribution is 2.20. The highest BCUT2D eigenvalue weighted by atomic mass is 35.5. The van der Waals surface area contributed by atoms with Crippen LogP contribution in [-0.4, -0.2) is 28.5 Å². The van der Waals surface area contributed by atoms with Crippen LogP contribution in [0.15, 0.2) is 18.3 Å². The molecule has 0 aromatic carbocycles. The molecule has 0 spiro atoms. The summed E-state index contributed by atoms with van der Waals surface area (Å²) < 4.78 is 0. The summed E-state index contributed by atoms with van der Waals surface area (Å²) in [4.78, 5) is 26.4. The predicted octanol–water partition coefficient (Wildman–Crippen LogP) is 2.99. The van der Waals surface area contributed by atoms with E-state index < -0.39 is 5.97 Å². The van der Waals surface area contributed by atoms with Crippen LogP contribution < -0.4 is 5.32 Å². The van der Waals surface area contributed by atoms with Crippen LogP contribution in [0.5, 0.6) is 0 Å². The standard InChI is InChI=1S/C15H21ClN2O3/c1-10(2)11(3-4-14(19)20)5-8-18-15(21)12-6-7-17-13(16)9-12/h6-7,9-11H,3-5,8H2,1-2H3,(H,18,21)(H,19,20). The number of carbonyl (C=O) groups excluding carboxylic acids is 1. The number of aromatic nitrogens is 1. The van der Waals surface area contributed by atoms with Gasteiger partial charge < -0.3 is 10.4 Å². The van der Waals surface area contributed by atoms with E-state index in [1.807, 2.05) is 0 Å². The van der Waals surface area contributed by atoms with Crippen molar-refractivity contribution in [1.29, 1.82) is 0 Å². The Balaban J connectivity index is 2.43. The largest absolute Gasteiger partial charge is 0.481 e. The van der Waals surface area contributed by atoms with E-state index in [-0.39, 0.29) is 23.4 Å². The maximum absolute atomic E-state index is 11.9. The van der Waals surface area contributed by atoms with Crippen molar-refractivity contribution in [2.75, 3.05) is 6.54 Å². The highest BCUT2D eigenvalue weighted by molar-refractivity contribution is 6.29. The Morgan fingerprint density at radius 1 is 1.38 bits per heavy atom. The van der Waals surface area contributed by atoms with Crippen molar-refractivity contribution in [2.45, 2.75) is 33.1 Å². The van der Waals surface area contributed by atoms with Gasteiger partial charge in [0.15, 0.2) is 0 Å². The van der Waals surface area contributed by atoms with Crippen molar-refractivity contribution >= 4 is 23.5 Å². The van der Waals surface area contributed by atoms with Gasteiger partial charge in [0.2, 0.25) is 0 Å². The minimum atomic E-state index is -0.781. The van der Waals surface area contributed by atoms with Crippen LogP contribution in [0, 0.1) is 11.8 Å². The minimum absolute atomic E-state index is 0.163. The van der Waals surface area contributed by atoms with E-state index in [2.05, 4.69) is 24.1 Å². The Hall–Kier alpha value is -1.62. The molecule has 0 aliphatic heterocycles.